The lowest BCUT2D eigenvalue weighted by molar-refractivity contribution is 0.355. The van der Waals surface area contributed by atoms with Gasteiger partial charge in [0.25, 0.3) is 0 Å². The van der Waals surface area contributed by atoms with Gasteiger partial charge in [-0.2, -0.15) is 5.10 Å². The molecule has 1 aromatic heterocycles. The molecule has 0 radical (unpaired) electrons. The molecule has 1 aliphatic rings. The quantitative estimate of drug-likeness (QED) is 0.703. The minimum absolute atomic E-state index is 0.445. The molecule has 8 nitrogen and oxygen atoms in total. The summed E-state index contributed by atoms with van der Waals surface area (Å²) < 4.78 is 16.4. The van der Waals surface area contributed by atoms with Crippen LogP contribution in [0.5, 0.6) is 23.1 Å². The highest BCUT2D eigenvalue weighted by atomic mass is 16.5. The van der Waals surface area contributed by atoms with E-state index in [1.54, 1.807) is 32.5 Å². The molecule has 0 atom stereocenters. The molecule has 1 aliphatic heterocycles. The fraction of sp³-hybridized carbons (Fsp3) is 0.150. The van der Waals surface area contributed by atoms with Crippen molar-refractivity contribution < 1.29 is 14.2 Å². The van der Waals surface area contributed by atoms with Gasteiger partial charge < -0.3 is 24.8 Å². The number of ether oxygens (including phenoxy) is 3. The lowest BCUT2D eigenvalue weighted by Gasteiger charge is -2.21. The van der Waals surface area contributed by atoms with Crippen molar-refractivity contribution in [2.45, 2.75) is 0 Å². The Balaban J connectivity index is 1.53. The van der Waals surface area contributed by atoms with Gasteiger partial charge in [0.05, 0.1) is 19.9 Å². The molecule has 0 spiro atoms. The molecule has 0 fully saturated rings. The van der Waals surface area contributed by atoms with E-state index in [4.69, 9.17) is 14.2 Å². The average Bonchev–Trinajstić information content (AvgIpc) is 2.75. The fourth-order valence-corrected chi connectivity index (χ4v) is 2.82. The van der Waals surface area contributed by atoms with E-state index in [0.29, 0.717) is 29.8 Å². The van der Waals surface area contributed by atoms with Crippen LogP contribution in [-0.2, 0) is 0 Å². The van der Waals surface area contributed by atoms with E-state index in [0.717, 1.165) is 22.8 Å². The van der Waals surface area contributed by atoms with Gasteiger partial charge >= 0.3 is 0 Å². The first-order valence-electron chi connectivity index (χ1n) is 8.64. The van der Waals surface area contributed by atoms with Gasteiger partial charge in [-0.1, -0.05) is 0 Å². The standard InChI is InChI=1S/C20H19N5O3/c1-26-17-10-15-16(11-18(17)27-2)21-12-22-20(15)24-13-5-7-14(8-6-13)28-19-4-3-9-23-25-19/h3-11,21H,12H2,1-2H3,(H,22,24). The number of nitrogens with zero attached hydrogens (tertiary/aromatic N) is 3. The van der Waals surface area contributed by atoms with Crippen LogP contribution in [0.2, 0.25) is 0 Å². The molecule has 28 heavy (non-hydrogen) atoms. The summed E-state index contributed by atoms with van der Waals surface area (Å²) >= 11 is 0. The number of anilines is 2. The molecule has 0 bridgehead atoms. The van der Waals surface area contributed by atoms with E-state index in [1.165, 1.54) is 0 Å². The molecule has 0 aliphatic carbocycles. The Morgan fingerprint density at radius 1 is 1.00 bits per heavy atom. The van der Waals surface area contributed by atoms with Crippen LogP contribution in [0.25, 0.3) is 0 Å². The van der Waals surface area contributed by atoms with Gasteiger partial charge in [0.2, 0.25) is 5.88 Å². The summed E-state index contributed by atoms with van der Waals surface area (Å²) in [5, 5.41) is 14.3. The second kappa shape index (κ2) is 7.83. The molecule has 2 N–H and O–H groups in total. The smallest absolute Gasteiger partial charge is 0.238 e. The lowest BCUT2D eigenvalue weighted by Crippen LogP contribution is -2.22. The zero-order chi connectivity index (χ0) is 19.3. The highest BCUT2D eigenvalue weighted by Gasteiger charge is 2.18. The van der Waals surface area contributed by atoms with Gasteiger partial charge in [-0.25, -0.2) is 4.99 Å². The van der Waals surface area contributed by atoms with Gasteiger partial charge in [0, 0.05) is 29.6 Å². The zero-order valence-electron chi connectivity index (χ0n) is 15.5. The Hall–Kier alpha value is -3.81. The molecule has 2 heterocycles. The number of hydrogen-bond acceptors (Lipinski definition) is 8. The van der Waals surface area contributed by atoms with Gasteiger partial charge in [0.1, 0.15) is 18.3 Å². The Labute approximate surface area is 162 Å². The molecular formula is C20H19N5O3. The highest BCUT2D eigenvalue weighted by molar-refractivity contribution is 6.13. The van der Waals surface area contributed by atoms with Crippen molar-refractivity contribution in [2.75, 3.05) is 31.5 Å². The molecule has 142 valence electrons. The summed E-state index contributed by atoms with van der Waals surface area (Å²) in [5.74, 6) is 3.18. The van der Waals surface area contributed by atoms with Crippen LogP contribution in [0.15, 0.2) is 59.7 Å². The largest absolute Gasteiger partial charge is 0.493 e. The van der Waals surface area contributed by atoms with Crippen LogP contribution in [-0.4, -0.2) is 36.9 Å². The number of nitrogens with one attached hydrogen (secondary N) is 2. The maximum absolute atomic E-state index is 5.66. The van der Waals surface area contributed by atoms with Crippen LogP contribution in [0.1, 0.15) is 5.56 Å². The maximum atomic E-state index is 5.66. The topological polar surface area (TPSA) is 89.9 Å². The predicted octanol–water partition coefficient (Wildman–Crippen LogP) is 3.53. The number of fused-ring (bicyclic) bond motifs is 1. The van der Waals surface area contributed by atoms with Crippen molar-refractivity contribution in [3.05, 3.63) is 60.3 Å². The van der Waals surface area contributed by atoms with Crippen LogP contribution in [0.4, 0.5) is 11.4 Å². The number of amidine groups is 1. The van der Waals surface area contributed by atoms with Crippen LogP contribution < -0.4 is 24.8 Å². The SMILES string of the molecule is COc1cc2c(cc1OC)C(Nc1ccc(Oc3cccnn3)cc1)=NCN2. The molecule has 0 saturated heterocycles. The fourth-order valence-electron chi connectivity index (χ4n) is 2.82. The normalized spacial score (nSPS) is 12.3. The Bertz CT molecular complexity index is 991. The molecule has 8 heteroatoms. The predicted molar refractivity (Wildman–Crippen MR) is 107 cm³/mol. The van der Waals surface area contributed by atoms with E-state index in [9.17, 15) is 0 Å². The van der Waals surface area contributed by atoms with Gasteiger partial charge in [-0.3, -0.25) is 0 Å². The zero-order valence-corrected chi connectivity index (χ0v) is 15.5. The molecule has 0 amide bonds. The molecule has 4 rings (SSSR count). The van der Waals surface area contributed by atoms with Crippen molar-refractivity contribution in [3.8, 4) is 23.1 Å². The number of rotatable bonds is 5. The minimum Gasteiger partial charge on any atom is -0.493 e. The lowest BCUT2D eigenvalue weighted by atomic mass is 10.1. The first-order valence-corrected chi connectivity index (χ1v) is 8.64. The van der Waals surface area contributed by atoms with Crippen LogP contribution in [0, 0.1) is 0 Å². The third-order valence-electron chi connectivity index (χ3n) is 4.17. The monoisotopic (exact) mass is 377 g/mol. The first-order chi connectivity index (χ1) is 13.8. The van der Waals surface area contributed by atoms with E-state index in [1.807, 2.05) is 36.4 Å². The Morgan fingerprint density at radius 2 is 1.79 bits per heavy atom. The number of aromatic nitrogens is 2. The maximum Gasteiger partial charge on any atom is 0.238 e. The van der Waals surface area contributed by atoms with E-state index in [2.05, 4.69) is 25.8 Å². The third kappa shape index (κ3) is 3.66. The molecule has 0 unspecified atom stereocenters. The van der Waals surface area contributed by atoms with Crippen molar-refractivity contribution >= 4 is 17.2 Å². The second-order valence-electron chi connectivity index (χ2n) is 5.91. The first kappa shape index (κ1) is 17.6. The summed E-state index contributed by atoms with van der Waals surface area (Å²) in [7, 11) is 3.23. The van der Waals surface area contributed by atoms with Gasteiger partial charge in [0.15, 0.2) is 11.5 Å². The molecule has 2 aromatic carbocycles. The minimum atomic E-state index is 0.445. The second-order valence-corrected chi connectivity index (χ2v) is 5.91. The van der Waals surface area contributed by atoms with Crippen molar-refractivity contribution in [1.29, 1.82) is 0 Å². The summed E-state index contributed by atoms with van der Waals surface area (Å²) in [6.45, 7) is 0.471. The summed E-state index contributed by atoms with van der Waals surface area (Å²) in [4.78, 5) is 4.54. The Morgan fingerprint density at radius 3 is 2.50 bits per heavy atom. The summed E-state index contributed by atoms with van der Waals surface area (Å²) in [6, 6.07) is 14.9. The van der Waals surface area contributed by atoms with Crippen LogP contribution in [0.3, 0.4) is 0 Å². The molecule has 3 aromatic rings. The summed E-state index contributed by atoms with van der Waals surface area (Å²) in [5.41, 5.74) is 2.72. The number of benzene rings is 2. The average molecular weight is 377 g/mol. The summed E-state index contributed by atoms with van der Waals surface area (Å²) in [6.07, 6.45) is 1.60. The highest BCUT2D eigenvalue weighted by Crippen LogP contribution is 2.35. The van der Waals surface area contributed by atoms with Crippen molar-refractivity contribution in [3.63, 3.8) is 0 Å². The van der Waals surface area contributed by atoms with Crippen molar-refractivity contribution in [1.82, 2.24) is 10.2 Å². The third-order valence-corrected chi connectivity index (χ3v) is 4.17. The number of aliphatic imine (C=N–C) groups is 1. The van der Waals surface area contributed by atoms with Gasteiger partial charge in [-0.05, 0) is 36.4 Å². The van der Waals surface area contributed by atoms with Crippen LogP contribution >= 0.6 is 0 Å². The van der Waals surface area contributed by atoms with Crippen molar-refractivity contribution in [2.24, 2.45) is 4.99 Å². The van der Waals surface area contributed by atoms with E-state index >= 15 is 0 Å². The molecule has 0 saturated carbocycles. The van der Waals surface area contributed by atoms with Gasteiger partial charge in [-0.15, -0.1) is 5.10 Å². The molecular weight excluding hydrogens is 358 g/mol. The van der Waals surface area contributed by atoms with E-state index < -0.39 is 0 Å². The number of methoxy groups -OCH3 is 2. The Kier molecular flexibility index (Phi) is 4.92. The number of hydrogen-bond donors (Lipinski definition) is 2. The van der Waals surface area contributed by atoms with E-state index in [-0.39, 0.29) is 0 Å².